The van der Waals surface area contributed by atoms with E-state index in [1.807, 2.05) is 12.1 Å². The lowest BCUT2D eigenvalue weighted by Gasteiger charge is -2.09. The summed E-state index contributed by atoms with van der Waals surface area (Å²) in [5, 5.41) is 6.94. The smallest absolute Gasteiger partial charge is 0.346 e. The molecule has 0 unspecified atom stereocenters. The fraction of sp³-hybridized carbons (Fsp3) is 0.357. The van der Waals surface area contributed by atoms with Crippen LogP contribution in [0.4, 0.5) is 5.82 Å². The Labute approximate surface area is 116 Å². The van der Waals surface area contributed by atoms with E-state index in [4.69, 9.17) is 0 Å². The van der Waals surface area contributed by atoms with Crippen molar-refractivity contribution in [2.75, 3.05) is 11.9 Å². The molecule has 0 aliphatic carbocycles. The van der Waals surface area contributed by atoms with E-state index in [-0.39, 0.29) is 5.82 Å². The lowest BCUT2D eigenvalue weighted by Crippen LogP contribution is -2.40. The molecule has 0 aliphatic heterocycles. The third kappa shape index (κ3) is 2.79. The van der Waals surface area contributed by atoms with Crippen molar-refractivity contribution in [1.29, 1.82) is 0 Å². The van der Waals surface area contributed by atoms with Gasteiger partial charge in [0.15, 0.2) is 0 Å². The Morgan fingerprint density at radius 2 is 1.90 bits per heavy atom. The molecule has 0 spiro atoms. The fourth-order valence-electron chi connectivity index (χ4n) is 2.02. The van der Waals surface area contributed by atoms with Gasteiger partial charge < -0.3 is 5.32 Å². The first kappa shape index (κ1) is 14.0. The summed E-state index contributed by atoms with van der Waals surface area (Å²) in [5.74, 6) is 0.197. The molecule has 0 radical (unpaired) electrons. The second-order valence-electron chi connectivity index (χ2n) is 4.72. The van der Waals surface area contributed by atoms with Crippen LogP contribution in [0.5, 0.6) is 0 Å². The van der Waals surface area contributed by atoms with Gasteiger partial charge in [-0.1, -0.05) is 24.3 Å². The predicted molar refractivity (Wildman–Crippen MR) is 78.1 cm³/mol. The van der Waals surface area contributed by atoms with Crippen LogP contribution in [0.3, 0.4) is 0 Å². The number of hydrogen-bond donors (Lipinski definition) is 1. The zero-order valence-electron chi connectivity index (χ0n) is 11.9. The highest BCUT2D eigenvalue weighted by Gasteiger charge is 2.07. The quantitative estimate of drug-likeness (QED) is 0.878. The molecule has 0 saturated carbocycles. The first-order valence-electron chi connectivity index (χ1n) is 6.43. The minimum Gasteiger partial charge on any atom is -0.364 e. The van der Waals surface area contributed by atoms with Crippen LogP contribution in [0.1, 0.15) is 11.1 Å². The maximum Gasteiger partial charge on any atom is 0.346 e. The lowest BCUT2D eigenvalue weighted by atomic mass is 10.1. The Bertz CT molecular complexity index is 731. The van der Waals surface area contributed by atoms with Crippen LogP contribution >= 0.6 is 0 Å². The van der Waals surface area contributed by atoms with E-state index < -0.39 is 11.2 Å². The number of rotatable bonds is 4. The highest BCUT2D eigenvalue weighted by molar-refractivity contribution is 5.31. The molecule has 0 amide bonds. The molecule has 0 fully saturated rings. The van der Waals surface area contributed by atoms with E-state index >= 15 is 0 Å². The van der Waals surface area contributed by atoms with Crippen molar-refractivity contribution in [3.63, 3.8) is 0 Å². The van der Waals surface area contributed by atoms with Gasteiger partial charge in [-0.3, -0.25) is 9.36 Å². The zero-order chi connectivity index (χ0) is 14.7. The normalized spacial score (nSPS) is 10.6. The summed E-state index contributed by atoms with van der Waals surface area (Å²) in [4.78, 5) is 23.4. The van der Waals surface area contributed by atoms with Gasteiger partial charge in [-0.15, -0.1) is 5.10 Å². The maximum absolute atomic E-state index is 11.9. The minimum atomic E-state index is -0.431. The number of benzene rings is 1. The van der Waals surface area contributed by atoms with Crippen LogP contribution in [-0.4, -0.2) is 20.9 Å². The number of anilines is 1. The van der Waals surface area contributed by atoms with Gasteiger partial charge in [-0.05, 0) is 24.5 Å². The highest BCUT2D eigenvalue weighted by Crippen LogP contribution is 2.07. The monoisotopic (exact) mass is 274 g/mol. The van der Waals surface area contributed by atoms with Gasteiger partial charge in [0.1, 0.15) is 0 Å². The summed E-state index contributed by atoms with van der Waals surface area (Å²) in [6.07, 6.45) is 0.792. The second-order valence-corrected chi connectivity index (χ2v) is 4.72. The largest absolute Gasteiger partial charge is 0.364 e. The van der Waals surface area contributed by atoms with Gasteiger partial charge in [0.25, 0.3) is 5.56 Å². The molecule has 1 aromatic carbocycles. The van der Waals surface area contributed by atoms with Crippen LogP contribution in [0.15, 0.2) is 33.9 Å². The molecule has 1 N–H and O–H groups in total. The molecule has 6 heteroatoms. The third-order valence-corrected chi connectivity index (χ3v) is 3.27. The third-order valence-electron chi connectivity index (χ3n) is 3.27. The molecule has 0 saturated heterocycles. The fourth-order valence-corrected chi connectivity index (χ4v) is 2.02. The summed E-state index contributed by atoms with van der Waals surface area (Å²) in [6.45, 7) is 2.64. The Kier molecular flexibility index (Phi) is 4.02. The first-order valence-corrected chi connectivity index (χ1v) is 6.43. The number of hydrogen-bond acceptors (Lipinski definition) is 4. The molecule has 0 bridgehead atoms. The SMILES string of the molecule is Cc1ccccc1CCNc1nn(C)c(=O)n(C)c1=O. The number of aryl methyl sites for hydroxylation is 2. The Morgan fingerprint density at radius 3 is 2.60 bits per heavy atom. The minimum absolute atomic E-state index is 0.197. The average Bonchev–Trinajstić information content (AvgIpc) is 2.44. The van der Waals surface area contributed by atoms with Crippen molar-refractivity contribution in [2.45, 2.75) is 13.3 Å². The average molecular weight is 274 g/mol. The summed E-state index contributed by atoms with van der Waals surface area (Å²) < 4.78 is 2.20. The van der Waals surface area contributed by atoms with E-state index in [0.29, 0.717) is 6.54 Å². The van der Waals surface area contributed by atoms with E-state index in [1.54, 1.807) is 0 Å². The molecule has 106 valence electrons. The molecular formula is C14H18N4O2. The highest BCUT2D eigenvalue weighted by atomic mass is 16.2. The van der Waals surface area contributed by atoms with Gasteiger partial charge in [-0.25, -0.2) is 9.48 Å². The standard InChI is InChI=1S/C14H18N4O2/c1-10-6-4-5-7-11(10)8-9-15-12-13(19)17(2)14(20)18(3)16-12/h4-7H,8-9H2,1-3H3,(H,15,16). The van der Waals surface area contributed by atoms with E-state index in [9.17, 15) is 9.59 Å². The maximum atomic E-state index is 11.9. The summed E-state index contributed by atoms with van der Waals surface area (Å²) in [6, 6.07) is 8.10. The van der Waals surface area contributed by atoms with Crippen LogP contribution < -0.4 is 16.6 Å². The van der Waals surface area contributed by atoms with E-state index in [0.717, 1.165) is 15.7 Å². The summed E-state index contributed by atoms with van der Waals surface area (Å²) in [7, 11) is 2.97. The van der Waals surface area contributed by atoms with Crippen molar-refractivity contribution in [3.8, 4) is 0 Å². The molecule has 0 aliphatic rings. The number of nitrogens with one attached hydrogen (secondary N) is 1. The molecule has 0 atom stereocenters. The number of aromatic nitrogens is 3. The van der Waals surface area contributed by atoms with Crippen molar-refractivity contribution in [3.05, 3.63) is 56.2 Å². The first-order chi connectivity index (χ1) is 9.50. The molecule has 1 heterocycles. The molecule has 2 aromatic rings. The predicted octanol–water partition coefficient (Wildman–Crippen LogP) is 0.442. The number of nitrogens with zero attached hydrogens (tertiary/aromatic N) is 3. The molecule has 6 nitrogen and oxygen atoms in total. The summed E-state index contributed by atoms with van der Waals surface area (Å²) in [5.41, 5.74) is 1.61. The van der Waals surface area contributed by atoms with Crippen molar-refractivity contribution >= 4 is 5.82 Å². The van der Waals surface area contributed by atoms with Crippen molar-refractivity contribution in [2.24, 2.45) is 14.1 Å². The molecule has 20 heavy (non-hydrogen) atoms. The Morgan fingerprint density at radius 1 is 1.20 bits per heavy atom. The Hall–Kier alpha value is -2.37. The van der Waals surface area contributed by atoms with Crippen molar-refractivity contribution in [1.82, 2.24) is 14.3 Å². The zero-order valence-corrected chi connectivity index (χ0v) is 11.9. The Balaban J connectivity index is 2.11. The van der Waals surface area contributed by atoms with Gasteiger partial charge in [0, 0.05) is 20.6 Å². The topological polar surface area (TPSA) is 68.9 Å². The second kappa shape index (κ2) is 5.73. The summed E-state index contributed by atoms with van der Waals surface area (Å²) >= 11 is 0. The van der Waals surface area contributed by atoms with Gasteiger partial charge in [0.2, 0.25) is 5.82 Å². The van der Waals surface area contributed by atoms with Crippen molar-refractivity contribution < 1.29 is 0 Å². The van der Waals surface area contributed by atoms with Crippen LogP contribution in [0.2, 0.25) is 0 Å². The van der Waals surface area contributed by atoms with E-state index in [1.165, 1.54) is 25.2 Å². The molecule has 1 aromatic heterocycles. The van der Waals surface area contributed by atoms with Gasteiger partial charge >= 0.3 is 5.69 Å². The van der Waals surface area contributed by atoms with Gasteiger partial charge in [-0.2, -0.15) is 0 Å². The van der Waals surface area contributed by atoms with Crippen LogP contribution in [0, 0.1) is 6.92 Å². The van der Waals surface area contributed by atoms with Gasteiger partial charge in [0.05, 0.1) is 0 Å². The molecule has 2 rings (SSSR count). The molecular weight excluding hydrogens is 256 g/mol. The lowest BCUT2D eigenvalue weighted by molar-refractivity contribution is 0.604. The van der Waals surface area contributed by atoms with Crippen LogP contribution in [-0.2, 0) is 20.5 Å². The van der Waals surface area contributed by atoms with E-state index in [2.05, 4.69) is 29.5 Å². The van der Waals surface area contributed by atoms with Crippen LogP contribution in [0.25, 0.3) is 0 Å².